The maximum absolute atomic E-state index is 12.2. The van der Waals surface area contributed by atoms with Crippen molar-refractivity contribution in [2.75, 3.05) is 31.1 Å². The van der Waals surface area contributed by atoms with Gasteiger partial charge in [-0.1, -0.05) is 11.6 Å². The SMILES string of the molecule is O=C1NNC(C(=O)N2CCN(c3ccc(Cl)cc3)CC2)N1. The quantitative estimate of drug-likeness (QED) is 0.726. The molecule has 3 N–H and O–H groups in total. The summed E-state index contributed by atoms with van der Waals surface area (Å²) < 4.78 is 0. The fourth-order valence-electron chi connectivity index (χ4n) is 2.48. The summed E-state index contributed by atoms with van der Waals surface area (Å²) in [6.07, 6.45) is -0.681. The number of rotatable bonds is 2. The molecule has 3 amide bonds. The first-order valence-corrected chi connectivity index (χ1v) is 7.12. The topological polar surface area (TPSA) is 76.7 Å². The molecular weight excluding hydrogens is 294 g/mol. The molecule has 2 saturated heterocycles. The van der Waals surface area contributed by atoms with Crippen LogP contribution in [0.25, 0.3) is 0 Å². The minimum absolute atomic E-state index is 0.121. The Balaban J connectivity index is 1.56. The van der Waals surface area contributed by atoms with Crippen LogP contribution in [0.5, 0.6) is 0 Å². The number of benzene rings is 1. The molecule has 112 valence electrons. The van der Waals surface area contributed by atoms with Gasteiger partial charge in [0.1, 0.15) is 0 Å². The van der Waals surface area contributed by atoms with Crippen LogP contribution in [0.1, 0.15) is 0 Å². The Morgan fingerprint density at radius 2 is 1.81 bits per heavy atom. The minimum Gasteiger partial charge on any atom is -0.368 e. The van der Waals surface area contributed by atoms with Gasteiger partial charge in [-0.05, 0) is 24.3 Å². The maximum Gasteiger partial charge on any atom is 0.330 e. The molecule has 7 nitrogen and oxygen atoms in total. The first kappa shape index (κ1) is 14.0. The molecule has 0 spiro atoms. The largest absolute Gasteiger partial charge is 0.368 e. The number of hydrogen-bond donors (Lipinski definition) is 3. The lowest BCUT2D eigenvalue weighted by Gasteiger charge is -2.36. The summed E-state index contributed by atoms with van der Waals surface area (Å²) >= 11 is 5.88. The van der Waals surface area contributed by atoms with E-state index in [9.17, 15) is 9.59 Å². The molecular formula is C13H16ClN5O2. The average molecular weight is 310 g/mol. The van der Waals surface area contributed by atoms with Gasteiger partial charge >= 0.3 is 6.03 Å². The number of halogens is 1. The number of anilines is 1. The minimum atomic E-state index is -0.681. The van der Waals surface area contributed by atoms with Gasteiger partial charge in [0.05, 0.1) is 0 Å². The van der Waals surface area contributed by atoms with Crippen LogP contribution < -0.4 is 21.1 Å². The fourth-order valence-corrected chi connectivity index (χ4v) is 2.61. The summed E-state index contributed by atoms with van der Waals surface area (Å²) in [6.45, 7) is 2.74. The smallest absolute Gasteiger partial charge is 0.330 e. The summed E-state index contributed by atoms with van der Waals surface area (Å²) in [4.78, 5) is 27.2. The van der Waals surface area contributed by atoms with Gasteiger partial charge in [-0.25, -0.2) is 10.2 Å². The van der Waals surface area contributed by atoms with Gasteiger partial charge < -0.3 is 15.1 Å². The van der Waals surface area contributed by atoms with Crippen molar-refractivity contribution >= 4 is 29.2 Å². The van der Waals surface area contributed by atoms with Crippen LogP contribution in [-0.2, 0) is 4.79 Å². The van der Waals surface area contributed by atoms with Crippen LogP contribution >= 0.6 is 11.6 Å². The van der Waals surface area contributed by atoms with E-state index >= 15 is 0 Å². The van der Waals surface area contributed by atoms with Gasteiger partial charge in [-0.2, -0.15) is 0 Å². The summed E-state index contributed by atoms with van der Waals surface area (Å²) in [7, 11) is 0. The third-order valence-electron chi connectivity index (χ3n) is 3.64. The zero-order valence-corrected chi connectivity index (χ0v) is 12.1. The van der Waals surface area contributed by atoms with E-state index in [0.29, 0.717) is 18.1 Å². The van der Waals surface area contributed by atoms with Crippen molar-refractivity contribution in [1.29, 1.82) is 0 Å². The van der Waals surface area contributed by atoms with Crippen LogP contribution in [0, 0.1) is 0 Å². The molecule has 2 heterocycles. The molecule has 1 aromatic carbocycles. The molecule has 3 rings (SSSR count). The number of hydrazine groups is 1. The van der Waals surface area contributed by atoms with E-state index in [1.165, 1.54) is 0 Å². The van der Waals surface area contributed by atoms with Crippen molar-refractivity contribution in [1.82, 2.24) is 21.1 Å². The van der Waals surface area contributed by atoms with E-state index in [4.69, 9.17) is 11.6 Å². The lowest BCUT2D eigenvalue weighted by atomic mass is 10.2. The highest BCUT2D eigenvalue weighted by molar-refractivity contribution is 6.30. The van der Waals surface area contributed by atoms with Gasteiger partial charge in [0, 0.05) is 36.9 Å². The molecule has 2 aliphatic rings. The van der Waals surface area contributed by atoms with Crippen LogP contribution in [0.15, 0.2) is 24.3 Å². The lowest BCUT2D eigenvalue weighted by Crippen LogP contribution is -2.56. The highest BCUT2D eigenvalue weighted by atomic mass is 35.5. The monoisotopic (exact) mass is 309 g/mol. The Kier molecular flexibility index (Phi) is 3.85. The van der Waals surface area contributed by atoms with E-state index in [0.717, 1.165) is 18.8 Å². The summed E-state index contributed by atoms with van der Waals surface area (Å²) in [5, 5.41) is 3.23. The van der Waals surface area contributed by atoms with Crippen molar-refractivity contribution < 1.29 is 9.59 Å². The van der Waals surface area contributed by atoms with Crippen molar-refractivity contribution in [3.05, 3.63) is 29.3 Å². The number of carbonyl (C=O) groups is 2. The molecule has 2 aliphatic heterocycles. The molecule has 1 aromatic rings. The van der Waals surface area contributed by atoms with E-state index in [-0.39, 0.29) is 11.9 Å². The van der Waals surface area contributed by atoms with Crippen molar-refractivity contribution in [2.24, 2.45) is 0 Å². The van der Waals surface area contributed by atoms with Crippen LogP contribution in [0.4, 0.5) is 10.5 Å². The number of amides is 3. The van der Waals surface area contributed by atoms with Crippen molar-refractivity contribution in [3.63, 3.8) is 0 Å². The van der Waals surface area contributed by atoms with Crippen LogP contribution in [-0.4, -0.2) is 49.2 Å². The molecule has 8 heteroatoms. The van der Waals surface area contributed by atoms with Crippen LogP contribution in [0.2, 0.25) is 5.02 Å². The number of hydrogen-bond acceptors (Lipinski definition) is 4. The van der Waals surface area contributed by atoms with E-state index in [1.54, 1.807) is 4.90 Å². The molecule has 0 aliphatic carbocycles. The van der Waals surface area contributed by atoms with Gasteiger partial charge in [-0.15, -0.1) is 0 Å². The highest BCUT2D eigenvalue weighted by Crippen LogP contribution is 2.19. The standard InChI is InChI=1S/C13H16ClN5O2/c14-9-1-3-10(4-2-9)18-5-7-19(8-6-18)12(20)11-15-13(21)17-16-11/h1-4,11,16H,5-8H2,(H2,15,17,21). The Bertz CT molecular complexity index is 542. The van der Waals surface area contributed by atoms with Crippen molar-refractivity contribution in [3.8, 4) is 0 Å². The zero-order valence-electron chi connectivity index (χ0n) is 11.3. The second-order valence-electron chi connectivity index (χ2n) is 4.96. The Morgan fingerprint density at radius 3 is 2.38 bits per heavy atom. The molecule has 1 atom stereocenters. The van der Waals surface area contributed by atoms with Gasteiger partial charge in [-0.3, -0.25) is 10.2 Å². The van der Waals surface area contributed by atoms with Crippen LogP contribution in [0.3, 0.4) is 0 Å². The third kappa shape index (κ3) is 3.03. The fraction of sp³-hybridized carbons (Fsp3) is 0.385. The number of nitrogens with one attached hydrogen (secondary N) is 3. The van der Waals surface area contributed by atoms with Crippen molar-refractivity contribution in [2.45, 2.75) is 6.17 Å². The predicted octanol–water partition coefficient (Wildman–Crippen LogP) is 0.132. The van der Waals surface area contributed by atoms with E-state index in [1.807, 2.05) is 24.3 Å². The molecule has 1 unspecified atom stereocenters. The first-order chi connectivity index (χ1) is 10.1. The predicted molar refractivity (Wildman–Crippen MR) is 78.8 cm³/mol. The summed E-state index contributed by atoms with van der Waals surface area (Å²) in [5.74, 6) is -0.121. The number of nitrogens with zero attached hydrogens (tertiary/aromatic N) is 2. The summed E-state index contributed by atoms with van der Waals surface area (Å²) in [6, 6.07) is 7.29. The van der Waals surface area contributed by atoms with Gasteiger partial charge in [0.25, 0.3) is 5.91 Å². The van der Waals surface area contributed by atoms with Gasteiger partial charge in [0.15, 0.2) is 6.17 Å². The molecule has 0 bridgehead atoms. The van der Waals surface area contributed by atoms with Gasteiger partial charge in [0.2, 0.25) is 0 Å². The zero-order chi connectivity index (χ0) is 14.8. The molecule has 21 heavy (non-hydrogen) atoms. The summed E-state index contributed by atoms with van der Waals surface area (Å²) in [5.41, 5.74) is 6.08. The Morgan fingerprint density at radius 1 is 1.14 bits per heavy atom. The molecule has 2 fully saturated rings. The first-order valence-electron chi connectivity index (χ1n) is 6.75. The van der Waals surface area contributed by atoms with E-state index < -0.39 is 6.17 Å². The lowest BCUT2D eigenvalue weighted by molar-refractivity contribution is -0.134. The third-order valence-corrected chi connectivity index (χ3v) is 3.89. The average Bonchev–Trinajstić information content (AvgIpc) is 2.94. The Labute approximate surface area is 127 Å². The molecule has 0 aromatic heterocycles. The number of piperazine rings is 1. The molecule has 0 saturated carbocycles. The van der Waals surface area contributed by atoms with E-state index in [2.05, 4.69) is 21.1 Å². The second-order valence-corrected chi connectivity index (χ2v) is 5.40. The maximum atomic E-state index is 12.2. The second kappa shape index (κ2) is 5.79. The normalized spacial score (nSPS) is 22.0. The number of urea groups is 1. The number of carbonyl (C=O) groups excluding carboxylic acids is 2. The molecule has 0 radical (unpaired) electrons. The highest BCUT2D eigenvalue weighted by Gasteiger charge is 2.31. The Hall–Kier alpha value is -1.99.